The van der Waals surface area contributed by atoms with Gasteiger partial charge in [-0.2, -0.15) is 0 Å². The molecule has 0 fully saturated rings. The Morgan fingerprint density at radius 1 is 1.43 bits per heavy atom. The lowest BCUT2D eigenvalue weighted by Gasteiger charge is -2.08. The number of allylic oxidation sites excluding steroid dienone is 1. The molecule has 110 valence electrons. The Bertz CT molecular complexity index is 675. The molecule has 0 atom stereocenters. The molecule has 1 heterocycles. The van der Waals surface area contributed by atoms with Gasteiger partial charge in [-0.3, -0.25) is 4.79 Å². The van der Waals surface area contributed by atoms with Crippen molar-refractivity contribution in [2.45, 2.75) is 19.4 Å². The molecule has 1 N–H and O–H groups in total. The van der Waals surface area contributed by atoms with Gasteiger partial charge in [0.05, 0.1) is 17.6 Å². The van der Waals surface area contributed by atoms with Gasteiger partial charge >= 0.3 is 0 Å². The lowest BCUT2D eigenvalue weighted by molar-refractivity contribution is -0.116. The monoisotopic (exact) mass is 347 g/mol. The zero-order chi connectivity index (χ0) is 15.2. The van der Waals surface area contributed by atoms with Crippen molar-refractivity contribution >= 4 is 32.9 Å². The molecule has 1 aromatic carbocycles. The SMILES string of the molecule is C=CC(=O)NCCCc1nc2ccccc2n1CC(=C)Br. The van der Waals surface area contributed by atoms with Crippen LogP contribution in [0, 0.1) is 0 Å². The van der Waals surface area contributed by atoms with E-state index in [1.54, 1.807) is 0 Å². The molecule has 2 rings (SSSR count). The quantitative estimate of drug-likeness (QED) is 0.617. The minimum Gasteiger partial charge on any atom is -0.353 e. The van der Waals surface area contributed by atoms with Gasteiger partial charge < -0.3 is 9.88 Å². The Morgan fingerprint density at radius 2 is 2.19 bits per heavy atom. The summed E-state index contributed by atoms with van der Waals surface area (Å²) in [6, 6.07) is 8.05. The number of hydrogen-bond donors (Lipinski definition) is 1. The van der Waals surface area contributed by atoms with Crippen LogP contribution in [0.5, 0.6) is 0 Å². The van der Waals surface area contributed by atoms with E-state index >= 15 is 0 Å². The minimum atomic E-state index is -0.141. The summed E-state index contributed by atoms with van der Waals surface area (Å²) in [5, 5.41) is 2.78. The number of carbonyl (C=O) groups excluding carboxylic acids is 1. The van der Waals surface area contributed by atoms with Crippen molar-refractivity contribution in [1.82, 2.24) is 14.9 Å². The Labute approximate surface area is 132 Å². The van der Waals surface area contributed by atoms with Crippen LogP contribution in [0.25, 0.3) is 11.0 Å². The summed E-state index contributed by atoms with van der Waals surface area (Å²) in [7, 11) is 0. The van der Waals surface area contributed by atoms with Crippen LogP contribution in [0.3, 0.4) is 0 Å². The maximum Gasteiger partial charge on any atom is 0.243 e. The van der Waals surface area contributed by atoms with E-state index < -0.39 is 0 Å². The van der Waals surface area contributed by atoms with Gasteiger partial charge in [0.2, 0.25) is 5.91 Å². The summed E-state index contributed by atoms with van der Waals surface area (Å²) in [6.07, 6.45) is 2.91. The first-order valence-corrected chi connectivity index (χ1v) is 7.59. The van der Waals surface area contributed by atoms with Crippen LogP contribution in [0.2, 0.25) is 0 Å². The third kappa shape index (κ3) is 4.04. The van der Waals surface area contributed by atoms with Crippen molar-refractivity contribution < 1.29 is 4.79 Å². The van der Waals surface area contributed by atoms with Crippen LogP contribution >= 0.6 is 15.9 Å². The second-order valence-corrected chi connectivity index (χ2v) is 5.84. The fourth-order valence-corrected chi connectivity index (χ4v) is 2.45. The largest absolute Gasteiger partial charge is 0.353 e. The van der Waals surface area contributed by atoms with Crippen molar-refractivity contribution in [1.29, 1.82) is 0 Å². The average molecular weight is 348 g/mol. The van der Waals surface area contributed by atoms with Gasteiger partial charge in [0.1, 0.15) is 5.82 Å². The number of nitrogens with one attached hydrogen (secondary N) is 1. The molecule has 5 heteroatoms. The van der Waals surface area contributed by atoms with E-state index in [-0.39, 0.29) is 5.91 Å². The molecule has 1 aromatic heterocycles. The van der Waals surface area contributed by atoms with Gasteiger partial charge in [-0.1, -0.05) is 41.2 Å². The topological polar surface area (TPSA) is 46.9 Å². The van der Waals surface area contributed by atoms with Crippen molar-refractivity contribution in [3.05, 3.63) is 53.8 Å². The highest BCUT2D eigenvalue weighted by Gasteiger charge is 2.10. The number of hydrogen-bond acceptors (Lipinski definition) is 2. The molecule has 0 saturated carbocycles. The molecule has 4 nitrogen and oxygen atoms in total. The van der Waals surface area contributed by atoms with Crippen molar-refractivity contribution in [2.75, 3.05) is 6.54 Å². The second-order valence-electron chi connectivity index (χ2n) is 4.72. The lowest BCUT2D eigenvalue weighted by atomic mass is 10.3. The van der Waals surface area contributed by atoms with Gasteiger partial charge in [0, 0.05) is 17.4 Å². The van der Waals surface area contributed by atoms with Gasteiger partial charge in [0.15, 0.2) is 0 Å². The first-order valence-electron chi connectivity index (χ1n) is 6.79. The summed E-state index contributed by atoms with van der Waals surface area (Å²) in [5.74, 6) is 0.863. The number of imidazole rings is 1. The van der Waals surface area contributed by atoms with Gasteiger partial charge in [-0.15, -0.1) is 0 Å². The van der Waals surface area contributed by atoms with Gasteiger partial charge in [-0.05, 0) is 24.6 Å². The molecule has 0 aliphatic carbocycles. The molecule has 0 radical (unpaired) electrons. The maximum absolute atomic E-state index is 11.1. The Kier molecular flexibility index (Phi) is 5.33. The van der Waals surface area contributed by atoms with Gasteiger partial charge in [0.25, 0.3) is 0 Å². The summed E-state index contributed by atoms with van der Waals surface area (Å²) >= 11 is 3.41. The van der Waals surface area contributed by atoms with E-state index in [0.29, 0.717) is 13.1 Å². The van der Waals surface area contributed by atoms with E-state index in [1.165, 1.54) is 6.08 Å². The highest BCUT2D eigenvalue weighted by Crippen LogP contribution is 2.19. The van der Waals surface area contributed by atoms with E-state index in [9.17, 15) is 4.79 Å². The molecular formula is C16H18BrN3O. The summed E-state index contributed by atoms with van der Waals surface area (Å²) in [5.41, 5.74) is 2.08. The van der Waals surface area contributed by atoms with Crippen molar-refractivity contribution in [2.24, 2.45) is 0 Å². The van der Waals surface area contributed by atoms with E-state index in [4.69, 9.17) is 0 Å². The predicted molar refractivity (Wildman–Crippen MR) is 89.3 cm³/mol. The molecule has 1 amide bonds. The highest BCUT2D eigenvalue weighted by atomic mass is 79.9. The van der Waals surface area contributed by atoms with Crippen molar-refractivity contribution in [3.8, 4) is 0 Å². The van der Waals surface area contributed by atoms with Crippen LogP contribution in [-0.4, -0.2) is 22.0 Å². The van der Waals surface area contributed by atoms with E-state index in [1.807, 2.05) is 18.2 Å². The first kappa shape index (κ1) is 15.5. The summed E-state index contributed by atoms with van der Waals surface area (Å²) in [4.78, 5) is 15.8. The standard InChI is InChI=1S/C16H18BrN3O/c1-3-16(21)18-10-6-9-15-19-13-7-4-5-8-14(13)20(15)11-12(2)17/h3-5,7-8H,1-2,6,9-11H2,(H,18,21). The number of benzene rings is 1. The number of fused-ring (bicyclic) bond motifs is 1. The Balaban J connectivity index is 2.12. The zero-order valence-corrected chi connectivity index (χ0v) is 13.4. The summed E-state index contributed by atoms with van der Waals surface area (Å²) < 4.78 is 3.06. The number of aromatic nitrogens is 2. The Hall–Kier alpha value is -1.88. The molecule has 0 aliphatic heterocycles. The van der Waals surface area contributed by atoms with Crippen LogP contribution in [0.4, 0.5) is 0 Å². The molecule has 21 heavy (non-hydrogen) atoms. The van der Waals surface area contributed by atoms with E-state index in [2.05, 4.69) is 50.0 Å². The molecule has 0 saturated heterocycles. The number of rotatable bonds is 7. The molecular weight excluding hydrogens is 330 g/mol. The first-order chi connectivity index (χ1) is 10.1. The summed E-state index contributed by atoms with van der Waals surface area (Å²) in [6.45, 7) is 8.64. The highest BCUT2D eigenvalue weighted by molar-refractivity contribution is 9.11. The lowest BCUT2D eigenvalue weighted by Crippen LogP contribution is -2.22. The smallest absolute Gasteiger partial charge is 0.243 e. The normalized spacial score (nSPS) is 10.5. The molecule has 0 unspecified atom stereocenters. The molecule has 0 aliphatic rings. The Morgan fingerprint density at radius 3 is 2.90 bits per heavy atom. The fraction of sp³-hybridized carbons (Fsp3) is 0.250. The van der Waals surface area contributed by atoms with Gasteiger partial charge in [-0.25, -0.2) is 4.98 Å². The number of halogens is 1. The number of aryl methyl sites for hydroxylation is 1. The molecule has 2 aromatic rings. The molecule has 0 bridgehead atoms. The number of carbonyl (C=O) groups is 1. The minimum absolute atomic E-state index is 0.141. The zero-order valence-electron chi connectivity index (χ0n) is 11.8. The maximum atomic E-state index is 11.1. The van der Waals surface area contributed by atoms with Crippen molar-refractivity contribution in [3.63, 3.8) is 0 Å². The van der Waals surface area contributed by atoms with Crippen LogP contribution in [0.15, 0.2) is 48.0 Å². The average Bonchev–Trinajstić information content (AvgIpc) is 2.81. The van der Waals surface area contributed by atoms with Crippen LogP contribution in [0.1, 0.15) is 12.2 Å². The number of nitrogens with zero attached hydrogens (tertiary/aromatic N) is 2. The fourth-order valence-electron chi connectivity index (χ4n) is 2.19. The predicted octanol–water partition coefficient (Wildman–Crippen LogP) is 3.18. The second kappa shape index (κ2) is 7.22. The van der Waals surface area contributed by atoms with Crippen LogP contribution < -0.4 is 5.32 Å². The van der Waals surface area contributed by atoms with Crippen LogP contribution in [-0.2, 0) is 17.8 Å². The number of para-hydroxylation sites is 2. The third-order valence-corrected chi connectivity index (χ3v) is 3.38. The number of amides is 1. The molecule has 0 spiro atoms. The van der Waals surface area contributed by atoms with E-state index in [0.717, 1.165) is 34.2 Å². The third-order valence-electron chi connectivity index (χ3n) is 3.13.